The number of rotatable bonds is 5. The number of hydrogen-bond donors (Lipinski definition) is 0. The number of hydrogen-bond acceptors (Lipinski definition) is 5. The van der Waals surface area contributed by atoms with Crippen LogP contribution in [0.3, 0.4) is 0 Å². The molecule has 4 rings (SSSR count). The van der Waals surface area contributed by atoms with Gasteiger partial charge in [-0.15, -0.1) is 0 Å². The summed E-state index contributed by atoms with van der Waals surface area (Å²) in [6, 6.07) is 29.6. The summed E-state index contributed by atoms with van der Waals surface area (Å²) in [5.41, 5.74) is 1.28. The van der Waals surface area contributed by atoms with Crippen LogP contribution in [0.5, 0.6) is 0 Å². The Morgan fingerprint density at radius 1 is 0.622 bits per heavy atom. The van der Waals surface area contributed by atoms with E-state index in [0.717, 1.165) is 16.2 Å². The van der Waals surface area contributed by atoms with E-state index in [1.165, 1.54) is 6.07 Å². The van der Waals surface area contributed by atoms with Crippen LogP contribution in [0.4, 0.5) is 0 Å². The van der Waals surface area contributed by atoms with Crippen molar-refractivity contribution in [3.63, 3.8) is 0 Å². The van der Waals surface area contributed by atoms with Gasteiger partial charge in [-0.2, -0.15) is 0 Å². The second-order valence-electron chi connectivity index (χ2n) is 7.69. The Balaban J connectivity index is 0.00000380. The molecule has 0 saturated heterocycles. The van der Waals surface area contributed by atoms with Gasteiger partial charge < -0.3 is 4.74 Å². The largest absolute Gasteiger partial charge is 0.348 e. The Bertz CT molecular complexity index is 1790. The Labute approximate surface area is 227 Å². The summed E-state index contributed by atoms with van der Waals surface area (Å²) >= 11 is 0. The van der Waals surface area contributed by atoms with Crippen LogP contribution in [0.15, 0.2) is 97.1 Å². The maximum Gasteiger partial charge on any atom is 0.135 e. The first-order valence-electron chi connectivity index (χ1n) is 10.9. The molecule has 0 unspecified atom stereocenters. The van der Waals surface area contributed by atoms with Gasteiger partial charge >= 0.3 is 0 Å². The van der Waals surface area contributed by atoms with Crippen LogP contribution in [0.2, 0.25) is 0 Å². The molecule has 0 saturated carbocycles. The number of benzene rings is 4. The topological polar surface area (TPSA) is 77.5 Å². The normalized spacial score (nSPS) is 10.2. The zero-order valence-corrected chi connectivity index (χ0v) is 23.5. The first-order valence-corrected chi connectivity index (χ1v) is 12.7. The van der Waals surface area contributed by atoms with Crippen molar-refractivity contribution in [1.82, 2.24) is 0 Å². The summed E-state index contributed by atoms with van der Waals surface area (Å²) in [5.74, 6) is 6.85. The summed E-state index contributed by atoms with van der Waals surface area (Å²) < 4.78 is 6.13. The van der Waals surface area contributed by atoms with Crippen molar-refractivity contribution in [1.29, 1.82) is 0 Å². The predicted molar refractivity (Wildman–Crippen MR) is 140 cm³/mol. The van der Waals surface area contributed by atoms with Gasteiger partial charge in [-0.05, 0) is 16.7 Å². The van der Waals surface area contributed by atoms with E-state index >= 15 is 0 Å². The standard InChI is InChI=1S/C30H19O5P.W/c1-35-30(22-11-5-2-6-12-22)36(24-13-7-3-8-14-24,25-15-9-4-10-16-25)29-17-23(18-31)26(19-32)27(20-33)28(29)21-34;/h2-17H,1H3;. The molecule has 0 atom stereocenters. The Kier molecular flexibility index (Phi) is 9.30. The number of methoxy groups -OCH3 is 1. The molecule has 0 fully saturated rings. The predicted octanol–water partition coefficient (Wildman–Crippen LogP) is -1.18. The quantitative estimate of drug-likeness (QED) is 0.250. The van der Waals surface area contributed by atoms with Gasteiger partial charge in [0.1, 0.15) is 23.8 Å². The summed E-state index contributed by atoms with van der Waals surface area (Å²) in [4.78, 5) is 48.2. The minimum atomic E-state index is -3.11. The monoisotopic (exact) mass is 674 g/mol. The van der Waals surface area contributed by atoms with E-state index in [4.69, 9.17) is 4.74 Å². The third-order valence-electron chi connectivity index (χ3n) is 5.89. The molecule has 0 aliphatic rings. The number of ether oxygens (including phenoxy) is 1. The second kappa shape index (κ2) is 12.4. The minimum Gasteiger partial charge on any atom is -0.348 e. The summed E-state index contributed by atoms with van der Waals surface area (Å²) in [7, 11) is 1.54. The Hall–Kier alpha value is -3.85. The van der Waals surface area contributed by atoms with Crippen LogP contribution < -0.4 is 36.8 Å². The smallest absolute Gasteiger partial charge is 0.135 e. The third kappa shape index (κ3) is 4.78. The van der Waals surface area contributed by atoms with E-state index in [1.54, 1.807) is 24.9 Å². The first-order chi connectivity index (χ1) is 17.7. The molecule has 0 heterocycles. The number of carbonyl (C=O) groups excluding carboxylic acids is 4. The molecule has 0 aliphatic carbocycles. The van der Waals surface area contributed by atoms with E-state index in [0.29, 0.717) is 10.8 Å². The zero-order valence-electron chi connectivity index (χ0n) is 19.6. The van der Waals surface area contributed by atoms with E-state index < -0.39 is 6.89 Å². The van der Waals surface area contributed by atoms with Crippen molar-refractivity contribution in [2.75, 3.05) is 7.11 Å². The van der Waals surface area contributed by atoms with Crippen LogP contribution in [0, 0.1) is 0 Å². The fourth-order valence-corrected chi connectivity index (χ4v) is 8.84. The molecule has 7 heteroatoms. The van der Waals surface area contributed by atoms with Crippen LogP contribution in [0.1, 0.15) is 5.56 Å². The first kappa shape index (κ1) is 27.7. The summed E-state index contributed by atoms with van der Waals surface area (Å²) in [6.07, 6.45) is 0. The molecule has 0 aromatic heterocycles. The summed E-state index contributed by atoms with van der Waals surface area (Å²) in [6.45, 7) is -3.11. The SMILES string of the molecule is COC(c1ccccc1)=P(c1ccccc1)(c1ccccc1)c1cc(=C=O)c(=C=O)c(=C=O)c1=C=O.[W]. The average Bonchev–Trinajstić information content (AvgIpc) is 2.96. The molecule has 5 nitrogen and oxygen atoms in total. The van der Waals surface area contributed by atoms with Crippen LogP contribution in [-0.2, 0) is 45.0 Å². The molecule has 4 aromatic carbocycles. The molecule has 37 heavy (non-hydrogen) atoms. The maximum atomic E-state index is 12.5. The van der Waals surface area contributed by atoms with Crippen molar-refractivity contribution in [2.45, 2.75) is 0 Å². The molecular weight excluding hydrogens is 655 g/mol. The molecule has 0 bridgehead atoms. The molecule has 4 aromatic rings. The van der Waals surface area contributed by atoms with E-state index in [-0.39, 0.29) is 41.9 Å². The van der Waals surface area contributed by atoms with Gasteiger partial charge in [-0.1, -0.05) is 91.0 Å². The Morgan fingerprint density at radius 2 is 1.08 bits per heavy atom. The third-order valence-corrected chi connectivity index (χ3v) is 10.2. The summed E-state index contributed by atoms with van der Waals surface area (Å²) in [5, 5.41) is 0.794. The van der Waals surface area contributed by atoms with Crippen molar-refractivity contribution in [3.8, 4) is 0 Å². The second-order valence-corrected chi connectivity index (χ2v) is 11.0. The molecule has 0 aliphatic heterocycles. The van der Waals surface area contributed by atoms with Gasteiger partial charge in [0.15, 0.2) is 0 Å². The zero-order chi connectivity index (χ0) is 25.5. The fourth-order valence-electron chi connectivity index (χ4n) is 4.43. The molecule has 0 amide bonds. The molecule has 0 N–H and O–H groups in total. The van der Waals surface area contributed by atoms with Crippen molar-refractivity contribution in [3.05, 3.63) is 123 Å². The van der Waals surface area contributed by atoms with Gasteiger partial charge in [0.05, 0.1) is 26.4 Å². The maximum absolute atomic E-state index is 12.5. The molecule has 0 radical (unpaired) electrons. The minimum absolute atomic E-state index is 0. The fraction of sp³-hybridized carbons (Fsp3) is 0.0333. The van der Waals surface area contributed by atoms with Crippen LogP contribution in [-0.4, -0.2) is 36.4 Å². The van der Waals surface area contributed by atoms with Gasteiger partial charge in [0.25, 0.3) is 0 Å². The van der Waals surface area contributed by atoms with Crippen molar-refractivity contribution >= 4 is 52.0 Å². The van der Waals surface area contributed by atoms with Crippen molar-refractivity contribution < 1.29 is 45.0 Å². The Morgan fingerprint density at radius 3 is 1.49 bits per heavy atom. The van der Waals surface area contributed by atoms with Gasteiger partial charge in [-0.25, -0.2) is 19.2 Å². The van der Waals surface area contributed by atoms with E-state index in [2.05, 4.69) is 0 Å². The average molecular weight is 674 g/mol. The van der Waals surface area contributed by atoms with E-state index in [1.807, 2.05) is 96.9 Å². The van der Waals surface area contributed by atoms with Crippen LogP contribution >= 0.6 is 6.89 Å². The van der Waals surface area contributed by atoms with Crippen molar-refractivity contribution in [2.24, 2.45) is 0 Å². The van der Waals surface area contributed by atoms with Gasteiger partial charge in [-0.3, -0.25) is 0 Å². The van der Waals surface area contributed by atoms with Gasteiger partial charge in [0.2, 0.25) is 0 Å². The molecule has 180 valence electrons. The van der Waals surface area contributed by atoms with E-state index in [9.17, 15) is 19.2 Å². The molecular formula is C30H19O5PW. The molecule has 0 spiro atoms. The van der Waals surface area contributed by atoms with Gasteiger partial charge in [0, 0.05) is 45.9 Å². The van der Waals surface area contributed by atoms with Crippen LogP contribution in [0.25, 0.3) is 0 Å².